The predicted molar refractivity (Wildman–Crippen MR) is 109 cm³/mol. The Hall–Kier alpha value is -1.53. The van der Waals surface area contributed by atoms with E-state index in [-0.39, 0.29) is 27.9 Å². The second-order valence-corrected chi connectivity index (χ2v) is 14.2. The Morgan fingerprint density at radius 2 is 1.34 bits per heavy atom. The molecule has 3 saturated heterocycles. The summed E-state index contributed by atoms with van der Waals surface area (Å²) in [5.74, 6) is -0.989. The molecule has 0 spiro atoms. The first-order valence-electron chi connectivity index (χ1n) is 9.25. The van der Waals surface area contributed by atoms with E-state index in [0.29, 0.717) is 0 Å². The van der Waals surface area contributed by atoms with E-state index >= 15 is 0 Å². The van der Waals surface area contributed by atoms with E-state index in [1.54, 1.807) is 18.2 Å². The van der Waals surface area contributed by atoms with Crippen LogP contribution in [0.25, 0.3) is 10.8 Å². The smallest absolute Gasteiger partial charge is 0.243 e. The van der Waals surface area contributed by atoms with Gasteiger partial charge in [-0.25, -0.2) is 25.3 Å². The quantitative estimate of drug-likeness (QED) is 0.663. The fraction of sp³-hybridized carbons (Fsp3) is 0.444. The normalized spacial score (nSPS) is 33.4. The number of hydrogen-bond donors (Lipinski definition) is 1. The van der Waals surface area contributed by atoms with Crippen molar-refractivity contribution in [1.29, 1.82) is 0 Å². The topological polar surface area (TPSA) is 118 Å². The van der Waals surface area contributed by atoms with Crippen LogP contribution >= 0.6 is 0 Å². The molecular weight excluding hydrogens is 436 g/mol. The van der Waals surface area contributed by atoms with E-state index < -0.39 is 53.9 Å². The molecule has 3 aliphatic rings. The van der Waals surface area contributed by atoms with Gasteiger partial charge in [0.15, 0.2) is 19.7 Å². The molecule has 0 aliphatic carbocycles. The molecule has 3 fully saturated rings. The second-order valence-electron chi connectivity index (χ2n) is 8.01. The second kappa shape index (κ2) is 6.24. The standard InChI is InChI=1S/C18H20N2O6S3/c21-27(22)8-15-17(10-27)20(18-11-28(23,24)9-16(18)19-15)29(25,26)14-6-5-12-3-1-2-4-13(12)7-14/h1-7,15-19H,8-11H2/t15-,16+,17-,18+. The number of hydrogen-bond acceptors (Lipinski definition) is 7. The summed E-state index contributed by atoms with van der Waals surface area (Å²) < 4.78 is 77.5. The lowest BCUT2D eigenvalue weighted by Gasteiger charge is -2.43. The molecule has 3 aliphatic heterocycles. The lowest BCUT2D eigenvalue weighted by Crippen LogP contribution is -2.67. The lowest BCUT2D eigenvalue weighted by atomic mass is 10.0. The van der Waals surface area contributed by atoms with Crippen molar-refractivity contribution in [2.24, 2.45) is 0 Å². The molecule has 29 heavy (non-hydrogen) atoms. The van der Waals surface area contributed by atoms with E-state index in [1.165, 1.54) is 10.4 Å². The summed E-state index contributed by atoms with van der Waals surface area (Å²) in [7, 11) is -10.9. The Balaban J connectivity index is 1.64. The highest BCUT2D eigenvalue weighted by atomic mass is 32.2. The van der Waals surface area contributed by atoms with Crippen molar-refractivity contribution in [1.82, 2.24) is 9.62 Å². The third-order valence-electron chi connectivity index (χ3n) is 6.02. The van der Waals surface area contributed by atoms with Crippen LogP contribution in [0.2, 0.25) is 0 Å². The van der Waals surface area contributed by atoms with Crippen LogP contribution in [-0.4, -0.2) is 76.7 Å². The molecule has 0 amide bonds. The molecule has 1 N–H and O–H groups in total. The molecular formula is C18H20N2O6S3. The fourth-order valence-corrected chi connectivity index (χ4v) is 10.7. The van der Waals surface area contributed by atoms with Crippen LogP contribution in [0.15, 0.2) is 47.4 Å². The van der Waals surface area contributed by atoms with E-state index in [9.17, 15) is 25.3 Å². The Morgan fingerprint density at radius 1 is 0.793 bits per heavy atom. The van der Waals surface area contributed by atoms with Crippen LogP contribution in [0.3, 0.4) is 0 Å². The van der Waals surface area contributed by atoms with Crippen molar-refractivity contribution < 1.29 is 25.3 Å². The summed E-state index contributed by atoms with van der Waals surface area (Å²) in [5.41, 5.74) is 0. The molecule has 11 heteroatoms. The monoisotopic (exact) mass is 456 g/mol. The van der Waals surface area contributed by atoms with Crippen molar-refractivity contribution in [3.8, 4) is 0 Å². The first kappa shape index (κ1) is 19.4. The molecule has 4 atom stereocenters. The fourth-order valence-electron chi connectivity index (χ4n) is 4.81. The number of sulfone groups is 2. The molecule has 5 rings (SSSR count). The van der Waals surface area contributed by atoms with Crippen LogP contribution < -0.4 is 5.32 Å². The van der Waals surface area contributed by atoms with Gasteiger partial charge in [-0.3, -0.25) is 0 Å². The van der Waals surface area contributed by atoms with E-state index in [2.05, 4.69) is 5.32 Å². The maximum atomic E-state index is 13.6. The maximum absolute atomic E-state index is 13.6. The molecule has 156 valence electrons. The third kappa shape index (κ3) is 3.19. The Kier molecular flexibility index (Phi) is 4.18. The highest BCUT2D eigenvalue weighted by molar-refractivity contribution is 7.92. The summed E-state index contributed by atoms with van der Waals surface area (Å²) in [5, 5.41) is 4.74. The Labute approximate surface area is 169 Å². The zero-order chi connectivity index (χ0) is 20.6. The van der Waals surface area contributed by atoms with Crippen LogP contribution in [-0.2, 0) is 29.7 Å². The zero-order valence-corrected chi connectivity index (χ0v) is 17.8. The first-order valence-corrected chi connectivity index (χ1v) is 14.3. The van der Waals surface area contributed by atoms with Gasteiger partial charge in [0.05, 0.1) is 40.0 Å². The average Bonchev–Trinajstić information content (AvgIpc) is 3.10. The van der Waals surface area contributed by atoms with Crippen molar-refractivity contribution in [3.05, 3.63) is 42.5 Å². The van der Waals surface area contributed by atoms with E-state index in [0.717, 1.165) is 10.8 Å². The molecule has 0 bridgehead atoms. The van der Waals surface area contributed by atoms with Crippen molar-refractivity contribution in [2.45, 2.75) is 29.1 Å². The van der Waals surface area contributed by atoms with Gasteiger partial charge in [0.25, 0.3) is 0 Å². The first-order chi connectivity index (χ1) is 13.6. The number of nitrogens with one attached hydrogen (secondary N) is 1. The molecule has 2 aromatic carbocycles. The van der Waals surface area contributed by atoms with Crippen LogP contribution in [0.5, 0.6) is 0 Å². The molecule has 3 heterocycles. The number of nitrogens with zero attached hydrogens (tertiary/aromatic N) is 1. The van der Waals surface area contributed by atoms with Gasteiger partial charge in [0, 0.05) is 12.1 Å². The minimum absolute atomic E-state index is 0.0456. The van der Waals surface area contributed by atoms with Crippen LogP contribution in [0.1, 0.15) is 0 Å². The lowest BCUT2D eigenvalue weighted by molar-refractivity contribution is 0.160. The molecule has 8 nitrogen and oxygen atoms in total. The molecule has 0 unspecified atom stereocenters. The summed E-state index contributed by atoms with van der Waals surface area (Å²) in [4.78, 5) is 0.0456. The molecule has 0 radical (unpaired) electrons. The van der Waals surface area contributed by atoms with Crippen molar-refractivity contribution in [2.75, 3.05) is 23.0 Å². The number of benzene rings is 2. The largest absolute Gasteiger partial charge is 0.306 e. The number of fused-ring (bicyclic) bond motifs is 3. The van der Waals surface area contributed by atoms with E-state index in [4.69, 9.17) is 0 Å². The molecule has 2 aromatic rings. The van der Waals surface area contributed by atoms with Gasteiger partial charge in [-0.05, 0) is 22.9 Å². The molecule has 0 aromatic heterocycles. The van der Waals surface area contributed by atoms with Gasteiger partial charge in [0.2, 0.25) is 10.0 Å². The summed E-state index contributed by atoms with van der Waals surface area (Å²) in [6.45, 7) is 0. The van der Waals surface area contributed by atoms with Gasteiger partial charge in [-0.1, -0.05) is 30.3 Å². The number of sulfonamides is 1. The van der Waals surface area contributed by atoms with Gasteiger partial charge in [0.1, 0.15) is 0 Å². The maximum Gasteiger partial charge on any atom is 0.243 e. The highest BCUT2D eigenvalue weighted by Crippen LogP contribution is 2.36. The number of piperazine rings is 1. The van der Waals surface area contributed by atoms with Gasteiger partial charge >= 0.3 is 0 Å². The third-order valence-corrected chi connectivity index (χ3v) is 11.4. The highest BCUT2D eigenvalue weighted by Gasteiger charge is 2.57. The number of rotatable bonds is 2. The minimum atomic E-state index is -4.10. The Bertz CT molecular complexity index is 1270. The summed E-state index contributed by atoms with van der Waals surface area (Å²) >= 11 is 0. The van der Waals surface area contributed by atoms with Crippen LogP contribution in [0, 0.1) is 0 Å². The van der Waals surface area contributed by atoms with Crippen molar-refractivity contribution >= 4 is 40.5 Å². The minimum Gasteiger partial charge on any atom is -0.306 e. The average molecular weight is 457 g/mol. The predicted octanol–water partition coefficient (Wildman–Crippen LogP) is -0.235. The summed E-state index contributed by atoms with van der Waals surface area (Å²) in [6, 6.07) is 9.26. The van der Waals surface area contributed by atoms with Crippen molar-refractivity contribution in [3.63, 3.8) is 0 Å². The van der Waals surface area contributed by atoms with Gasteiger partial charge in [-0.2, -0.15) is 4.31 Å². The SMILES string of the molecule is O=S1(=O)C[C@@H]2[C@@H](C1)N[C@H]1CS(=O)(=O)C[C@@H]1N2S(=O)(=O)c1ccc2ccccc2c1. The van der Waals surface area contributed by atoms with Gasteiger partial charge in [-0.15, -0.1) is 0 Å². The molecule has 0 saturated carbocycles. The summed E-state index contributed by atoms with van der Waals surface area (Å²) in [6.07, 6.45) is 0. The van der Waals surface area contributed by atoms with E-state index in [1.807, 2.05) is 18.2 Å². The van der Waals surface area contributed by atoms with Crippen LogP contribution in [0.4, 0.5) is 0 Å². The van der Waals surface area contributed by atoms with Gasteiger partial charge < -0.3 is 5.32 Å². The zero-order valence-electron chi connectivity index (χ0n) is 15.3. The Morgan fingerprint density at radius 3 is 1.93 bits per heavy atom.